The van der Waals surface area contributed by atoms with E-state index in [-0.39, 0.29) is 12.0 Å². The highest BCUT2D eigenvalue weighted by molar-refractivity contribution is 5.82. The fourth-order valence-corrected chi connectivity index (χ4v) is 1.73. The van der Waals surface area contributed by atoms with Gasteiger partial charge in [-0.15, -0.1) is 0 Å². The van der Waals surface area contributed by atoms with Gasteiger partial charge in [-0.1, -0.05) is 18.2 Å². The zero-order chi connectivity index (χ0) is 11.5. The van der Waals surface area contributed by atoms with Crippen LogP contribution in [0.15, 0.2) is 35.1 Å². The molecule has 2 rings (SSSR count). The van der Waals surface area contributed by atoms with E-state index in [0.717, 1.165) is 16.5 Å². The third kappa shape index (κ3) is 2.11. The van der Waals surface area contributed by atoms with Crippen molar-refractivity contribution >= 4 is 16.9 Å². The van der Waals surface area contributed by atoms with Gasteiger partial charge in [-0.25, -0.2) is 0 Å². The van der Waals surface area contributed by atoms with E-state index in [1.165, 1.54) is 6.07 Å². The summed E-state index contributed by atoms with van der Waals surface area (Å²) in [5.41, 5.74) is 1.33. The quantitative estimate of drug-likeness (QED) is 0.819. The molecule has 2 N–H and O–H groups in total. The van der Waals surface area contributed by atoms with Crippen molar-refractivity contribution in [1.82, 2.24) is 4.98 Å². The molecular weight excluding hydrogens is 206 g/mol. The number of fused-ring (bicyclic) bond motifs is 1. The smallest absolute Gasteiger partial charge is 0.303 e. The predicted octanol–water partition coefficient (Wildman–Crippen LogP) is 1.55. The van der Waals surface area contributed by atoms with Crippen LogP contribution in [-0.2, 0) is 11.2 Å². The Balaban J connectivity index is 2.50. The summed E-state index contributed by atoms with van der Waals surface area (Å²) in [5.74, 6) is -0.857. The summed E-state index contributed by atoms with van der Waals surface area (Å²) < 4.78 is 0. The molecule has 0 amide bonds. The maximum atomic E-state index is 11.3. The van der Waals surface area contributed by atoms with Crippen LogP contribution in [0.25, 0.3) is 10.9 Å². The molecule has 0 aliphatic rings. The third-order valence-electron chi connectivity index (χ3n) is 2.44. The van der Waals surface area contributed by atoms with E-state index < -0.39 is 5.97 Å². The Bertz CT molecular complexity index is 586. The number of aromatic amines is 1. The third-order valence-corrected chi connectivity index (χ3v) is 2.44. The molecule has 1 aromatic heterocycles. The number of aromatic nitrogens is 1. The van der Waals surface area contributed by atoms with Crippen LogP contribution < -0.4 is 5.56 Å². The maximum Gasteiger partial charge on any atom is 0.303 e. The summed E-state index contributed by atoms with van der Waals surface area (Å²) in [6.07, 6.45) is 0.410. The zero-order valence-electron chi connectivity index (χ0n) is 8.56. The van der Waals surface area contributed by atoms with Gasteiger partial charge in [-0.2, -0.15) is 0 Å². The average molecular weight is 217 g/mol. The first-order valence-electron chi connectivity index (χ1n) is 4.99. The number of para-hydroxylation sites is 1. The van der Waals surface area contributed by atoms with Gasteiger partial charge in [-0.3, -0.25) is 9.59 Å². The highest BCUT2D eigenvalue weighted by atomic mass is 16.4. The summed E-state index contributed by atoms with van der Waals surface area (Å²) in [6, 6.07) is 8.85. The maximum absolute atomic E-state index is 11.3. The van der Waals surface area contributed by atoms with Crippen LogP contribution in [0.1, 0.15) is 12.0 Å². The molecular formula is C12H11NO3. The molecule has 0 spiro atoms. The van der Waals surface area contributed by atoms with Crippen LogP contribution in [0.2, 0.25) is 0 Å². The topological polar surface area (TPSA) is 70.2 Å². The molecule has 82 valence electrons. The molecule has 0 fully saturated rings. The molecule has 0 unspecified atom stereocenters. The van der Waals surface area contributed by atoms with Gasteiger partial charge < -0.3 is 10.1 Å². The Labute approximate surface area is 91.5 Å². The number of hydrogen-bond donors (Lipinski definition) is 2. The molecule has 0 saturated carbocycles. The molecule has 4 nitrogen and oxygen atoms in total. The van der Waals surface area contributed by atoms with E-state index in [9.17, 15) is 9.59 Å². The number of pyridine rings is 1. The van der Waals surface area contributed by atoms with E-state index in [4.69, 9.17) is 5.11 Å². The standard InChI is InChI=1S/C12H11NO3/c14-11-7-8(5-6-12(15)16)9-3-1-2-4-10(9)13-11/h1-4,7H,5-6H2,(H,13,14)(H,15,16). The lowest BCUT2D eigenvalue weighted by Gasteiger charge is -2.04. The molecule has 2 aromatic rings. The van der Waals surface area contributed by atoms with Crippen LogP contribution >= 0.6 is 0 Å². The number of aryl methyl sites for hydroxylation is 1. The number of H-pyrrole nitrogens is 1. The minimum absolute atomic E-state index is 0.0352. The first-order chi connectivity index (χ1) is 7.66. The number of carboxylic acid groups (broad SMARTS) is 1. The fourth-order valence-electron chi connectivity index (χ4n) is 1.73. The van der Waals surface area contributed by atoms with E-state index in [1.807, 2.05) is 18.2 Å². The Hall–Kier alpha value is -2.10. The molecule has 16 heavy (non-hydrogen) atoms. The van der Waals surface area contributed by atoms with Gasteiger partial charge >= 0.3 is 5.97 Å². The molecule has 0 atom stereocenters. The number of carboxylic acids is 1. The zero-order valence-corrected chi connectivity index (χ0v) is 8.56. The van der Waals surface area contributed by atoms with Crippen LogP contribution in [0.5, 0.6) is 0 Å². The number of aliphatic carboxylic acids is 1. The second kappa shape index (κ2) is 4.18. The van der Waals surface area contributed by atoms with Crippen molar-refractivity contribution < 1.29 is 9.90 Å². The number of benzene rings is 1. The van der Waals surface area contributed by atoms with Crippen molar-refractivity contribution in [3.05, 3.63) is 46.2 Å². The van der Waals surface area contributed by atoms with Gasteiger partial charge in [0.15, 0.2) is 0 Å². The van der Waals surface area contributed by atoms with Crippen molar-refractivity contribution in [1.29, 1.82) is 0 Å². The van der Waals surface area contributed by atoms with Crippen molar-refractivity contribution in [2.24, 2.45) is 0 Å². The second-order valence-corrected chi connectivity index (χ2v) is 3.60. The van der Waals surface area contributed by atoms with Crippen molar-refractivity contribution in [3.8, 4) is 0 Å². The Morgan fingerprint density at radius 3 is 2.81 bits per heavy atom. The lowest BCUT2D eigenvalue weighted by molar-refractivity contribution is -0.136. The molecule has 1 aromatic carbocycles. The summed E-state index contributed by atoms with van der Waals surface area (Å²) in [5, 5.41) is 9.54. The monoisotopic (exact) mass is 217 g/mol. The summed E-state index contributed by atoms with van der Waals surface area (Å²) in [6.45, 7) is 0. The summed E-state index contributed by atoms with van der Waals surface area (Å²) in [7, 11) is 0. The normalized spacial score (nSPS) is 10.5. The number of carbonyl (C=O) groups is 1. The lowest BCUT2D eigenvalue weighted by atomic mass is 10.0. The Morgan fingerprint density at radius 1 is 1.31 bits per heavy atom. The summed E-state index contributed by atoms with van der Waals surface area (Å²) in [4.78, 5) is 24.6. The summed E-state index contributed by atoms with van der Waals surface area (Å²) >= 11 is 0. The van der Waals surface area contributed by atoms with E-state index in [1.54, 1.807) is 6.07 Å². The lowest BCUT2D eigenvalue weighted by Crippen LogP contribution is -2.07. The largest absolute Gasteiger partial charge is 0.481 e. The fraction of sp³-hybridized carbons (Fsp3) is 0.167. The van der Waals surface area contributed by atoms with E-state index >= 15 is 0 Å². The Kier molecular flexibility index (Phi) is 2.72. The minimum atomic E-state index is -0.857. The van der Waals surface area contributed by atoms with Gasteiger partial charge in [0, 0.05) is 23.4 Å². The van der Waals surface area contributed by atoms with Crippen LogP contribution in [0.4, 0.5) is 0 Å². The van der Waals surface area contributed by atoms with Crippen LogP contribution in [0, 0.1) is 0 Å². The number of hydrogen-bond acceptors (Lipinski definition) is 2. The van der Waals surface area contributed by atoms with Gasteiger partial charge in [0.1, 0.15) is 0 Å². The molecule has 0 aliphatic carbocycles. The molecule has 0 bridgehead atoms. The molecule has 0 radical (unpaired) electrons. The second-order valence-electron chi connectivity index (χ2n) is 3.60. The first kappa shape index (κ1) is 10.4. The van der Waals surface area contributed by atoms with Crippen molar-refractivity contribution in [2.45, 2.75) is 12.8 Å². The first-order valence-corrected chi connectivity index (χ1v) is 4.99. The van der Waals surface area contributed by atoms with E-state index in [0.29, 0.717) is 6.42 Å². The van der Waals surface area contributed by atoms with Crippen molar-refractivity contribution in [2.75, 3.05) is 0 Å². The van der Waals surface area contributed by atoms with Crippen LogP contribution in [-0.4, -0.2) is 16.1 Å². The van der Waals surface area contributed by atoms with Gasteiger partial charge in [0.05, 0.1) is 0 Å². The molecule has 4 heteroatoms. The highest BCUT2D eigenvalue weighted by Gasteiger charge is 2.05. The SMILES string of the molecule is O=C(O)CCc1cc(=O)[nH]c2ccccc12. The number of nitrogens with one attached hydrogen (secondary N) is 1. The molecule has 1 heterocycles. The van der Waals surface area contributed by atoms with Gasteiger partial charge in [0.2, 0.25) is 5.56 Å². The van der Waals surface area contributed by atoms with Gasteiger partial charge in [0.25, 0.3) is 0 Å². The Morgan fingerprint density at radius 2 is 2.06 bits per heavy atom. The highest BCUT2D eigenvalue weighted by Crippen LogP contribution is 2.15. The molecule has 0 saturated heterocycles. The predicted molar refractivity (Wildman–Crippen MR) is 60.5 cm³/mol. The number of rotatable bonds is 3. The minimum Gasteiger partial charge on any atom is -0.481 e. The van der Waals surface area contributed by atoms with Gasteiger partial charge in [-0.05, 0) is 18.1 Å². The average Bonchev–Trinajstić information content (AvgIpc) is 2.25. The molecule has 0 aliphatic heterocycles. The van der Waals surface area contributed by atoms with Crippen LogP contribution in [0.3, 0.4) is 0 Å². The van der Waals surface area contributed by atoms with E-state index in [2.05, 4.69) is 4.98 Å². The van der Waals surface area contributed by atoms with Crippen molar-refractivity contribution in [3.63, 3.8) is 0 Å².